The zero-order valence-electron chi connectivity index (χ0n) is 15.0. The monoisotopic (exact) mass is 409 g/mol. The summed E-state index contributed by atoms with van der Waals surface area (Å²) >= 11 is 3.46. The van der Waals surface area contributed by atoms with E-state index in [-0.39, 0.29) is 11.9 Å². The van der Waals surface area contributed by atoms with Gasteiger partial charge in [0.05, 0.1) is 30.4 Å². The van der Waals surface area contributed by atoms with E-state index in [0.717, 1.165) is 12.8 Å². The quantitative estimate of drug-likeness (QED) is 0.687. The highest BCUT2D eigenvalue weighted by molar-refractivity contribution is 9.10. The first-order valence-electron chi connectivity index (χ1n) is 8.36. The molecule has 1 atom stereocenters. The number of carbonyl (C=O) groups is 1. The second-order valence-corrected chi connectivity index (χ2v) is 6.56. The van der Waals surface area contributed by atoms with Gasteiger partial charge in [-0.3, -0.25) is 4.79 Å². The van der Waals surface area contributed by atoms with Gasteiger partial charge in [0, 0.05) is 11.6 Å². The smallest absolute Gasteiger partial charge is 0.256 e. The molecular weight excluding hydrogens is 386 g/mol. The van der Waals surface area contributed by atoms with Crippen LogP contribution in [0.1, 0.15) is 50.0 Å². The maximum absolute atomic E-state index is 12.7. The second-order valence-electron chi connectivity index (χ2n) is 5.71. The van der Waals surface area contributed by atoms with Crippen molar-refractivity contribution in [3.05, 3.63) is 34.4 Å². The largest absolute Gasteiger partial charge is 0.493 e. The lowest BCUT2D eigenvalue weighted by Crippen LogP contribution is -2.17. The molecule has 2 rings (SSSR count). The Labute approximate surface area is 156 Å². The summed E-state index contributed by atoms with van der Waals surface area (Å²) in [6.45, 7) is 6.74. The van der Waals surface area contributed by atoms with Crippen molar-refractivity contribution in [2.75, 3.05) is 19.0 Å². The number of aromatic nitrogens is 2. The van der Waals surface area contributed by atoms with Gasteiger partial charge in [-0.05, 0) is 47.8 Å². The number of hydrogen-bond acceptors (Lipinski definition) is 4. The van der Waals surface area contributed by atoms with E-state index >= 15 is 0 Å². The van der Waals surface area contributed by atoms with Crippen molar-refractivity contribution in [3.8, 4) is 11.5 Å². The number of carbonyl (C=O) groups excluding carboxylic acids is 1. The molecule has 0 saturated carbocycles. The van der Waals surface area contributed by atoms with E-state index in [1.807, 2.05) is 11.6 Å². The van der Waals surface area contributed by atoms with Gasteiger partial charge in [-0.15, -0.1) is 0 Å². The Hall–Kier alpha value is -2.02. The van der Waals surface area contributed by atoms with Crippen molar-refractivity contribution in [1.82, 2.24) is 9.78 Å². The highest BCUT2D eigenvalue weighted by Crippen LogP contribution is 2.37. The van der Waals surface area contributed by atoms with Gasteiger partial charge in [0.1, 0.15) is 5.82 Å². The number of rotatable bonds is 8. The summed E-state index contributed by atoms with van der Waals surface area (Å²) < 4.78 is 13.6. The first-order chi connectivity index (χ1) is 12.0. The first-order valence-corrected chi connectivity index (χ1v) is 9.16. The van der Waals surface area contributed by atoms with Gasteiger partial charge < -0.3 is 14.8 Å². The summed E-state index contributed by atoms with van der Waals surface area (Å²) in [4.78, 5) is 12.7. The number of nitrogens with zero attached hydrogens (tertiary/aromatic N) is 2. The number of benzene rings is 1. The Bertz CT molecular complexity index is 730. The standard InChI is InChI=1S/C18H24BrN3O3/c1-5-9-25-17-14(19)10-13(11-15(17)24-4)18(23)21-16-7-8-20-22(16)12(3)6-2/h7-8,10-12H,5-6,9H2,1-4H3,(H,21,23). The first kappa shape index (κ1) is 19.3. The van der Waals surface area contributed by atoms with Crippen molar-refractivity contribution in [2.45, 2.75) is 39.7 Å². The minimum Gasteiger partial charge on any atom is -0.493 e. The van der Waals surface area contributed by atoms with E-state index in [1.165, 1.54) is 0 Å². The molecule has 1 aromatic heterocycles. The predicted octanol–water partition coefficient (Wildman–Crippen LogP) is 4.67. The Morgan fingerprint density at radius 1 is 1.40 bits per heavy atom. The van der Waals surface area contributed by atoms with Gasteiger partial charge in [0.25, 0.3) is 5.91 Å². The SMILES string of the molecule is CCCOc1c(Br)cc(C(=O)Nc2ccnn2C(C)CC)cc1OC. The fourth-order valence-electron chi connectivity index (χ4n) is 2.32. The van der Waals surface area contributed by atoms with Crippen LogP contribution in [0.25, 0.3) is 0 Å². The summed E-state index contributed by atoms with van der Waals surface area (Å²) in [6, 6.07) is 5.40. The minimum atomic E-state index is -0.230. The molecular formula is C18H24BrN3O3. The predicted molar refractivity (Wildman–Crippen MR) is 102 cm³/mol. The van der Waals surface area contributed by atoms with Crippen LogP contribution in [0.15, 0.2) is 28.9 Å². The highest BCUT2D eigenvalue weighted by Gasteiger charge is 2.17. The number of halogens is 1. The third-order valence-corrected chi connectivity index (χ3v) is 4.45. The maximum Gasteiger partial charge on any atom is 0.256 e. The molecule has 25 heavy (non-hydrogen) atoms. The summed E-state index contributed by atoms with van der Waals surface area (Å²) in [6.07, 6.45) is 3.49. The lowest BCUT2D eigenvalue weighted by Gasteiger charge is -2.16. The number of ether oxygens (including phenoxy) is 2. The number of hydrogen-bond donors (Lipinski definition) is 1. The Morgan fingerprint density at radius 3 is 2.80 bits per heavy atom. The van der Waals surface area contributed by atoms with Crippen molar-refractivity contribution in [3.63, 3.8) is 0 Å². The Balaban J connectivity index is 2.25. The molecule has 0 radical (unpaired) electrons. The summed E-state index contributed by atoms with van der Waals surface area (Å²) in [5.41, 5.74) is 0.476. The molecule has 1 unspecified atom stereocenters. The fourth-order valence-corrected chi connectivity index (χ4v) is 2.88. The van der Waals surface area contributed by atoms with E-state index in [2.05, 4.69) is 40.2 Å². The number of amides is 1. The van der Waals surface area contributed by atoms with Crippen LogP contribution in [-0.2, 0) is 0 Å². The van der Waals surface area contributed by atoms with Crippen LogP contribution in [0.5, 0.6) is 11.5 Å². The average Bonchev–Trinajstić information content (AvgIpc) is 3.07. The highest BCUT2D eigenvalue weighted by atomic mass is 79.9. The van der Waals surface area contributed by atoms with Crippen LogP contribution in [0.2, 0.25) is 0 Å². The number of methoxy groups -OCH3 is 1. The Morgan fingerprint density at radius 2 is 2.16 bits per heavy atom. The van der Waals surface area contributed by atoms with Crippen molar-refractivity contribution in [2.24, 2.45) is 0 Å². The molecule has 6 nitrogen and oxygen atoms in total. The van der Waals surface area contributed by atoms with Gasteiger partial charge in [-0.1, -0.05) is 13.8 Å². The molecule has 1 heterocycles. The molecule has 0 aliphatic carbocycles. The molecule has 0 aliphatic rings. The molecule has 0 aliphatic heterocycles. The zero-order chi connectivity index (χ0) is 18.4. The zero-order valence-corrected chi connectivity index (χ0v) is 16.6. The summed E-state index contributed by atoms with van der Waals surface area (Å²) in [5.74, 6) is 1.56. The average molecular weight is 410 g/mol. The molecule has 1 amide bonds. The third kappa shape index (κ3) is 4.54. The van der Waals surface area contributed by atoms with Crippen LogP contribution in [0.3, 0.4) is 0 Å². The van der Waals surface area contributed by atoms with E-state index in [9.17, 15) is 4.79 Å². The summed E-state index contributed by atoms with van der Waals surface area (Å²) in [7, 11) is 1.56. The molecule has 0 bridgehead atoms. The molecule has 2 aromatic rings. The molecule has 1 aromatic carbocycles. The van der Waals surface area contributed by atoms with E-state index in [1.54, 1.807) is 31.5 Å². The normalized spacial score (nSPS) is 11.9. The fraction of sp³-hybridized carbons (Fsp3) is 0.444. The maximum atomic E-state index is 12.7. The van der Waals surface area contributed by atoms with Gasteiger partial charge in [0.2, 0.25) is 0 Å². The molecule has 0 saturated heterocycles. The molecule has 1 N–H and O–H groups in total. The molecule has 7 heteroatoms. The van der Waals surface area contributed by atoms with Crippen LogP contribution >= 0.6 is 15.9 Å². The lowest BCUT2D eigenvalue weighted by molar-refractivity contribution is 0.102. The van der Waals surface area contributed by atoms with Crippen molar-refractivity contribution < 1.29 is 14.3 Å². The van der Waals surface area contributed by atoms with Crippen LogP contribution in [-0.4, -0.2) is 29.4 Å². The molecule has 136 valence electrons. The lowest BCUT2D eigenvalue weighted by atomic mass is 10.2. The van der Waals surface area contributed by atoms with E-state index < -0.39 is 0 Å². The van der Waals surface area contributed by atoms with Gasteiger partial charge in [0.15, 0.2) is 11.5 Å². The molecule has 0 spiro atoms. The Kier molecular flexibility index (Phi) is 6.87. The third-order valence-electron chi connectivity index (χ3n) is 3.86. The van der Waals surface area contributed by atoms with Crippen molar-refractivity contribution in [1.29, 1.82) is 0 Å². The van der Waals surface area contributed by atoms with Crippen LogP contribution in [0.4, 0.5) is 5.82 Å². The van der Waals surface area contributed by atoms with E-state index in [0.29, 0.717) is 34.0 Å². The topological polar surface area (TPSA) is 65.4 Å². The van der Waals surface area contributed by atoms with Gasteiger partial charge >= 0.3 is 0 Å². The van der Waals surface area contributed by atoms with Crippen LogP contribution in [0, 0.1) is 0 Å². The van der Waals surface area contributed by atoms with Crippen molar-refractivity contribution >= 4 is 27.7 Å². The van der Waals surface area contributed by atoms with Gasteiger partial charge in [-0.25, -0.2) is 4.68 Å². The number of anilines is 1. The molecule has 0 fully saturated rings. The number of nitrogens with one attached hydrogen (secondary N) is 1. The van der Waals surface area contributed by atoms with E-state index in [4.69, 9.17) is 9.47 Å². The van der Waals surface area contributed by atoms with Crippen LogP contribution < -0.4 is 14.8 Å². The minimum absolute atomic E-state index is 0.205. The summed E-state index contributed by atoms with van der Waals surface area (Å²) in [5, 5.41) is 7.19. The second kappa shape index (κ2) is 8.89. The van der Waals surface area contributed by atoms with Gasteiger partial charge in [-0.2, -0.15) is 5.10 Å².